The lowest BCUT2D eigenvalue weighted by atomic mass is 9.96. The Kier molecular flexibility index (Phi) is 6.85. The summed E-state index contributed by atoms with van der Waals surface area (Å²) in [6, 6.07) is 21.5. The normalized spacial score (nSPS) is 16.6. The Morgan fingerprint density at radius 3 is 2.65 bits per heavy atom. The van der Waals surface area contributed by atoms with Gasteiger partial charge < -0.3 is 10.1 Å². The third-order valence-electron chi connectivity index (χ3n) is 5.44. The number of nitrogens with zero attached hydrogens (tertiary/aromatic N) is 1. The molecular weight excluding hydrogens is 415 g/mol. The molecular formula is C25H24ClFN2O2. The van der Waals surface area contributed by atoms with Gasteiger partial charge in [-0.1, -0.05) is 48.0 Å². The van der Waals surface area contributed by atoms with Crippen LogP contribution >= 0.6 is 11.6 Å². The predicted molar refractivity (Wildman–Crippen MR) is 121 cm³/mol. The lowest BCUT2D eigenvalue weighted by molar-refractivity contribution is -0.121. The van der Waals surface area contributed by atoms with Gasteiger partial charge in [-0.05, 0) is 55.8 Å². The summed E-state index contributed by atoms with van der Waals surface area (Å²) in [6.07, 6.45) is 1.65. The van der Waals surface area contributed by atoms with Crippen molar-refractivity contribution in [3.63, 3.8) is 0 Å². The Balaban J connectivity index is 1.42. The summed E-state index contributed by atoms with van der Waals surface area (Å²) in [7, 11) is 0. The number of para-hydroxylation sites is 3. The van der Waals surface area contributed by atoms with Crippen LogP contribution in [0.4, 0.5) is 10.1 Å². The summed E-state index contributed by atoms with van der Waals surface area (Å²) in [5.41, 5.74) is 1.11. The number of likely N-dealkylation sites (tertiary alicyclic amines) is 1. The molecule has 6 heteroatoms. The molecule has 0 bridgehead atoms. The van der Waals surface area contributed by atoms with Crippen LogP contribution in [0.5, 0.6) is 11.5 Å². The molecule has 1 fully saturated rings. The van der Waals surface area contributed by atoms with Crippen LogP contribution in [0.1, 0.15) is 18.4 Å². The van der Waals surface area contributed by atoms with Crippen LogP contribution in [0.2, 0.25) is 5.02 Å². The molecule has 31 heavy (non-hydrogen) atoms. The van der Waals surface area contributed by atoms with E-state index < -0.39 is 0 Å². The molecule has 1 aliphatic heterocycles. The van der Waals surface area contributed by atoms with Crippen LogP contribution in [-0.4, -0.2) is 23.9 Å². The number of piperidine rings is 1. The maximum absolute atomic E-state index is 14.2. The molecule has 1 aliphatic rings. The zero-order chi connectivity index (χ0) is 21.6. The van der Waals surface area contributed by atoms with Crippen molar-refractivity contribution in [1.82, 2.24) is 4.90 Å². The molecule has 160 valence electrons. The Hall–Kier alpha value is -2.89. The van der Waals surface area contributed by atoms with Crippen LogP contribution in [0.3, 0.4) is 0 Å². The van der Waals surface area contributed by atoms with Crippen LogP contribution < -0.4 is 10.1 Å². The predicted octanol–water partition coefficient (Wildman–Crippen LogP) is 6.12. The summed E-state index contributed by atoms with van der Waals surface area (Å²) in [4.78, 5) is 15.1. The smallest absolute Gasteiger partial charge is 0.228 e. The Labute approximate surface area is 186 Å². The molecule has 3 aromatic carbocycles. The number of carbonyl (C=O) groups excluding carboxylic acids is 1. The molecule has 0 radical (unpaired) electrons. The quantitative estimate of drug-likeness (QED) is 0.504. The van der Waals surface area contributed by atoms with Crippen LogP contribution in [0.15, 0.2) is 72.8 Å². The highest BCUT2D eigenvalue weighted by Gasteiger charge is 2.27. The van der Waals surface area contributed by atoms with Crippen molar-refractivity contribution >= 4 is 23.2 Å². The number of hydrogen-bond acceptors (Lipinski definition) is 3. The van der Waals surface area contributed by atoms with Gasteiger partial charge in [0.1, 0.15) is 11.6 Å². The average molecular weight is 439 g/mol. The number of anilines is 1. The third-order valence-corrected chi connectivity index (χ3v) is 5.79. The number of nitrogens with one attached hydrogen (secondary N) is 1. The van der Waals surface area contributed by atoms with E-state index in [0.29, 0.717) is 40.9 Å². The number of hydrogen-bond donors (Lipinski definition) is 1. The molecule has 4 nitrogen and oxygen atoms in total. The Morgan fingerprint density at radius 1 is 1.06 bits per heavy atom. The van der Waals surface area contributed by atoms with E-state index in [0.717, 1.165) is 19.4 Å². The van der Waals surface area contributed by atoms with Crippen LogP contribution in [-0.2, 0) is 11.3 Å². The molecule has 1 N–H and O–H groups in total. The number of amides is 1. The zero-order valence-corrected chi connectivity index (χ0v) is 17.8. The molecule has 1 atom stereocenters. The monoisotopic (exact) mass is 438 g/mol. The van der Waals surface area contributed by atoms with Gasteiger partial charge in [0.05, 0.1) is 11.6 Å². The second-order valence-electron chi connectivity index (χ2n) is 7.68. The number of benzene rings is 3. The summed E-state index contributed by atoms with van der Waals surface area (Å²) in [5.74, 6) is 0.728. The largest absolute Gasteiger partial charge is 0.455 e. The highest BCUT2D eigenvalue weighted by Crippen LogP contribution is 2.30. The van der Waals surface area contributed by atoms with Crippen molar-refractivity contribution in [2.75, 3.05) is 18.4 Å². The molecule has 1 saturated heterocycles. The van der Waals surface area contributed by atoms with E-state index in [2.05, 4.69) is 10.2 Å². The minimum Gasteiger partial charge on any atom is -0.455 e. The number of ether oxygens (including phenoxy) is 1. The molecule has 0 spiro atoms. The summed E-state index contributed by atoms with van der Waals surface area (Å²) in [5, 5.41) is 3.43. The van der Waals surface area contributed by atoms with Gasteiger partial charge in [-0.25, -0.2) is 4.39 Å². The van der Waals surface area contributed by atoms with Gasteiger partial charge in [-0.15, -0.1) is 0 Å². The number of rotatable bonds is 6. The summed E-state index contributed by atoms with van der Waals surface area (Å²) < 4.78 is 20.1. The Bertz CT molecular complexity index is 1020. The second kappa shape index (κ2) is 9.94. The van der Waals surface area contributed by atoms with Crippen molar-refractivity contribution in [2.24, 2.45) is 5.92 Å². The third kappa shape index (κ3) is 5.43. The van der Waals surface area contributed by atoms with Crippen molar-refractivity contribution < 1.29 is 13.9 Å². The maximum atomic E-state index is 14.2. The van der Waals surface area contributed by atoms with Crippen molar-refractivity contribution in [1.29, 1.82) is 0 Å². The van der Waals surface area contributed by atoms with Gasteiger partial charge in [0.2, 0.25) is 5.91 Å². The van der Waals surface area contributed by atoms with E-state index >= 15 is 0 Å². The highest BCUT2D eigenvalue weighted by molar-refractivity contribution is 6.31. The van der Waals surface area contributed by atoms with Crippen molar-refractivity contribution in [2.45, 2.75) is 19.4 Å². The average Bonchev–Trinajstić information content (AvgIpc) is 2.79. The van der Waals surface area contributed by atoms with Gasteiger partial charge in [-0.2, -0.15) is 0 Å². The lowest BCUT2D eigenvalue weighted by Gasteiger charge is -2.32. The first-order valence-electron chi connectivity index (χ1n) is 10.4. The standard InChI is InChI=1S/C25H24ClFN2O2/c26-21-11-6-12-22(27)20(21)17-29-15-7-8-18(16-29)25(30)28-23-13-4-5-14-24(23)31-19-9-2-1-3-10-19/h1-6,9-14,18H,7-8,15-17H2,(H,28,30). The molecule has 1 heterocycles. The topological polar surface area (TPSA) is 41.6 Å². The molecule has 3 aromatic rings. The Morgan fingerprint density at radius 2 is 1.84 bits per heavy atom. The summed E-state index contributed by atoms with van der Waals surface area (Å²) in [6.45, 7) is 1.75. The first-order valence-corrected chi connectivity index (χ1v) is 10.8. The minimum absolute atomic E-state index is 0.0616. The molecule has 1 amide bonds. The molecule has 0 aromatic heterocycles. The van der Waals surface area contributed by atoms with Gasteiger partial charge in [-0.3, -0.25) is 9.69 Å². The van der Waals surface area contributed by atoms with E-state index in [1.807, 2.05) is 54.6 Å². The van der Waals surface area contributed by atoms with Crippen LogP contribution in [0.25, 0.3) is 0 Å². The van der Waals surface area contributed by atoms with Gasteiger partial charge >= 0.3 is 0 Å². The fraction of sp³-hybridized carbons (Fsp3) is 0.240. The van der Waals surface area contributed by atoms with E-state index in [-0.39, 0.29) is 17.6 Å². The molecule has 0 saturated carbocycles. The van der Waals surface area contributed by atoms with Gasteiger partial charge in [0, 0.05) is 23.7 Å². The van der Waals surface area contributed by atoms with E-state index in [1.54, 1.807) is 12.1 Å². The minimum atomic E-state index is -0.314. The summed E-state index contributed by atoms with van der Waals surface area (Å²) >= 11 is 6.18. The molecule has 0 aliphatic carbocycles. The van der Waals surface area contributed by atoms with E-state index in [1.165, 1.54) is 6.07 Å². The second-order valence-corrected chi connectivity index (χ2v) is 8.08. The first kappa shape index (κ1) is 21.3. The van der Waals surface area contributed by atoms with Gasteiger partial charge in [0.25, 0.3) is 0 Å². The van der Waals surface area contributed by atoms with Crippen molar-refractivity contribution in [3.8, 4) is 11.5 Å². The van der Waals surface area contributed by atoms with E-state index in [4.69, 9.17) is 16.3 Å². The van der Waals surface area contributed by atoms with Crippen molar-refractivity contribution in [3.05, 3.63) is 89.2 Å². The van der Waals surface area contributed by atoms with Gasteiger partial charge in [0.15, 0.2) is 5.75 Å². The highest BCUT2D eigenvalue weighted by atomic mass is 35.5. The maximum Gasteiger partial charge on any atom is 0.228 e. The first-order chi connectivity index (χ1) is 15.1. The fourth-order valence-corrected chi connectivity index (χ4v) is 4.05. The molecule has 1 unspecified atom stereocenters. The zero-order valence-electron chi connectivity index (χ0n) is 17.1. The molecule has 4 rings (SSSR count). The van der Waals surface area contributed by atoms with Crippen LogP contribution in [0, 0.1) is 11.7 Å². The SMILES string of the molecule is O=C(Nc1ccccc1Oc1ccccc1)C1CCCN(Cc2c(F)cccc2Cl)C1. The number of carbonyl (C=O) groups is 1. The number of halogens is 2. The van der Waals surface area contributed by atoms with E-state index in [9.17, 15) is 9.18 Å². The fourth-order valence-electron chi connectivity index (χ4n) is 3.83. The lowest BCUT2D eigenvalue weighted by Crippen LogP contribution is -2.40.